The molecular formula is C24H44O8Si. The Morgan fingerprint density at radius 1 is 0.455 bits per heavy atom. The molecule has 0 aromatic heterocycles. The summed E-state index contributed by atoms with van der Waals surface area (Å²) in [6.45, 7) is 9.82. The van der Waals surface area contributed by atoms with Gasteiger partial charge in [-0.15, -0.1) is 0 Å². The molecule has 4 unspecified atom stereocenters. The minimum absolute atomic E-state index is 0.347. The molecule has 4 fully saturated rings. The summed E-state index contributed by atoms with van der Waals surface area (Å²) in [5.41, 5.74) is 0. The quantitative estimate of drug-likeness (QED) is 0.116. The predicted octanol–water partition coefficient (Wildman–Crippen LogP) is 2.66. The molecule has 4 rings (SSSR count). The van der Waals surface area contributed by atoms with E-state index >= 15 is 0 Å². The summed E-state index contributed by atoms with van der Waals surface area (Å²) in [6, 6.07) is 5.23. The molecule has 192 valence electrons. The highest BCUT2D eigenvalue weighted by atomic mass is 28.3. The van der Waals surface area contributed by atoms with Crippen molar-refractivity contribution >= 4 is 8.07 Å². The maximum absolute atomic E-state index is 5.86. The van der Waals surface area contributed by atoms with E-state index in [9.17, 15) is 0 Å². The molecule has 0 N–H and O–H groups in total. The van der Waals surface area contributed by atoms with Gasteiger partial charge in [0, 0.05) is 26.4 Å². The minimum Gasteiger partial charge on any atom is -0.379 e. The van der Waals surface area contributed by atoms with Gasteiger partial charge in [0.25, 0.3) is 0 Å². The van der Waals surface area contributed by atoms with E-state index in [1.54, 1.807) is 0 Å². The molecule has 0 spiro atoms. The van der Waals surface area contributed by atoms with Crippen LogP contribution in [0.5, 0.6) is 0 Å². The van der Waals surface area contributed by atoms with Crippen molar-refractivity contribution in [2.24, 2.45) is 0 Å². The van der Waals surface area contributed by atoms with Crippen molar-refractivity contribution in [3.63, 3.8) is 0 Å². The maximum atomic E-state index is 5.86. The Bertz CT molecular complexity index is 429. The molecule has 9 heteroatoms. The first-order valence-corrected chi connectivity index (χ1v) is 15.9. The van der Waals surface area contributed by atoms with Crippen molar-refractivity contribution in [1.82, 2.24) is 0 Å². The van der Waals surface area contributed by atoms with Crippen LogP contribution in [0, 0.1) is 0 Å². The van der Waals surface area contributed by atoms with Crippen LogP contribution in [0.1, 0.15) is 25.7 Å². The summed E-state index contributed by atoms with van der Waals surface area (Å²) in [7, 11) is -1.49. The Balaban J connectivity index is 1.19. The largest absolute Gasteiger partial charge is 0.379 e. The molecule has 0 bridgehead atoms. The van der Waals surface area contributed by atoms with Gasteiger partial charge >= 0.3 is 0 Å². The second-order valence-corrected chi connectivity index (χ2v) is 15.0. The van der Waals surface area contributed by atoms with Crippen molar-refractivity contribution in [1.29, 1.82) is 0 Å². The Hall–Kier alpha value is -0.103. The van der Waals surface area contributed by atoms with Crippen molar-refractivity contribution in [2.75, 3.05) is 79.3 Å². The van der Waals surface area contributed by atoms with Crippen molar-refractivity contribution in [2.45, 2.75) is 74.3 Å². The summed E-state index contributed by atoms with van der Waals surface area (Å²) >= 11 is 0. The van der Waals surface area contributed by atoms with E-state index in [1.165, 1.54) is 24.2 Å². The van der Waals surface area contributed by atoms with E-state index in [0.717, 1.165) is 105 Å². The number of ether oxygens (including phenoxy) is 8. The lowest BCUT2D eigenvalue weighted by atomic mass is 10.5. The number of hydrogen-bond acceptors (Lipinski definition) is 8. The van der Waals surface area contributed by atoms with E-state index in [4.69, 9.17) is 37.9 Å². The van der Waals surface area contributed by atoms with Crippen LogP contribution in [0.4, 0.5) is 0 Å². The smallest absolute Gasteiger partial charge is 0.104 e. The lowest BCUT2D eigenvalue weighted by molar-refractivity contribution is 0.113. The molecule has 4 aliphatic heterocycles. The van der Waals surface area contributed by atoms with Gasteiger partial charge in [-0.1, -0.05) is 24.2 Å². The van der Waals surface area contributed by atoms with Crippen LogP contribution in [0.3, 0.4) is 0 Å². The maximum Gasteiger partial charge on any atom is 0.104 e. The molecule has 4 heterocycles. The second-order valence-electron chi connectivity index (χ2n) is 10.0. The van der Waals surface area contributed by atoms with E-state index in [1.807, 2.05) is 0 Å². The third-order valence-corrected chi connectivity index (χ3v) is 12.5. The fourth-order valence-corrected chi connectivity index (χ4v) is 9.54. The van der Waals surface area contributed by atoms with Gasteiger partial charge in [0.15, 0.2) is 0 Å². The summed E-state index contributed by atoms with van der Waals surface area (Å²) in [5, 5.41) is 0. The van der Waals surface area contributed by atoms with Crippen molar-refractivity contribution in [3.05, 3.63) is 0 Å². The van der Waals surface area contributed by atoms with Crippen LogP contribution in [-0.2, 0) is 37.9 Å². The van der Waals surface area contributed by atoms with Gasteiger partial charge in [-0.05, 0) is 25.7 Å². The highest BCUT2D eigenvalue weighted by molar-refractivity contribution is 6.79. The average Bonchev–Trinajstić information content (AvgIpc) is 3.63. The van der Waals surface area contributed by atoms with E-state index in [0.29, 0.717) is 24.4 Å². The monoisotopic (exact) mass is 488 g/mol. The Kier molecular flexibility index (Phi) is 11.4. The fourth-order valence-electron chi connectivity index (χ4n) is 4.46. The van der Waals surface area contributed by atoms with Crippen LogP contribution in [-0.4, -0.2) is 112 Å². The summed E-state index contributed by atoms with van der Waals surface area (Å²) < 4.78 is 44.5. The molecule has 4 atom stereocenters. The van der Waals surface area contributed by atoms with E-state index in [-0.39, 0.29) is 0 Å². The molecule has 0 aliphatic carbocycles. The molecular weight excluding hydrogens is 444 g/mol. The molecule has 8 nitrogen and oxygen atoms in total. The first-order valence-electron chi connectivity index (χ1n) is 13.1. The van der Waals surface area contributed by atoms with Crippen molar-refractivity contribution in [3.8, 4) is 0 Å². The zero-order valence-corrected chi connectivity index (χ0v) is 21.2. The highest BCUT2D eigenvalue weighted by Crippen LogP contribution is 2.32. The zero-order valence-electron chi connectivity index (χ0n) is 20.2. The van der Waals surface area contributed by atoms with Crippen LogP contribution in [0.2, 0.25) is 24.2 Å². The van der Waals surface area contributed by atoms with Crippen LogP contribution in [0.25, 0.3) is 0 Å². The normalized spacial score (nSPS) is 29.1. The molecule has 0 aromatic carbocycles. The lowest BCUT2D eigenvalue weighted by Crippen LogP contribution is -2.35. The molecule has 4 aliphatic rings. The minimum atomic E-state index is -1.49. The van der Waals surface area contributed by atoms with E-state index < -0.39 is 8.07 Å². The molecule has 33 heavy (non-hydrogen) atoms. The molecule has 0 aromatic rings. The van der Waals surface area contributed by atoms with Gasteiger partial charge in [-0.2, -0.15) is 0 Å². The van der Waals surface area contributed by atoms with E-state index in [2.05, 4.69) is 0 Å². The molecule has 0 radical (unpaired) electrons. The van der Waals surface area contributed by atoms with Crippen LogP contribution >= 0.6 is 0 Å². The number of epoxide rings is 4. The molecule has 0 amide bonds. The van der Waals surface area contributed by atoms with Gasteiger partial charge in [0.05, 0.1) is 60.9 Å². The van der Waals surface area contributed by atoms with Crippen LogP contribution < -0.4 is 0 Å². The van der Waals surface area contributed by atoms with Gasteiger partial charge < -0.3 is 37.9 Å². The van der Waals surface area contributed by atoms with Gasteiger partial charge in [0.2, 0.25) is 0 Å². The fraction of sp³-hybridized carbons (Fsp3) is 1.00. The number of hydrogen-bond donors (Lipinski definition) is 0. The summed E-state index contributed by atoms with van der Waals surface area (Å²) in [5.74, 6) is 0. The average molecular weight is 489 g/mol. The second kappa shape index (κ2) is 14.5. The standard InChI is InChI=1S/C24H44O8Si/c1(5-25-13-21-17-29-21)9-33(10-2-6-26-14-22-18-30-22,11-3-7-27-15-23-19-31-23)12-4-8-28-16-24-20-32-24/h21-24H,1-20H2. The molecule has 4 saturated heterocycles. The van der Waals surface area contributed by atoms with Gasteiger partial charge in [-0.3, -0.25) is 0 Å². The zero-order chi connectivity index (χ0) is 22.6. The highest BCUT2D eigenvalue weighted by Gasteiger charge is 2.32. The first-order chi connectivity index (χ1) is 16.3. The summed E-state index contributed by atoms with van der Waals surface area (Å²) in [4.78, 5) is 0. The SMILES string of the molecule is C(COCC1CO1)C[Si](CCCOCC1CO1)(CCCOCC1CO1)CCCOCC1CO1. The Morgan fingerprint density at radius 3 is 0.909 bits per heavy atom. The Labute approximate surface area is 199 Å². The van der Waals surface area contributed by atoms with Crippen molar-refractivity contribution < 1.29 is 37.9 Å². The first kappa shape index (κ1) is 26.0. The lowest BCUT2D eigenvalue weighted by Gasteiger charge is -2.32. The third kappa shape index (κ3) is 12.4. The van der Waals surface area contributed by atoms with Crippen LogP contribution in [0.15, 0.2) is 0 Å². The van der Waals surface area contributed by atoms with Gasteiger partial charge in [-0.25, -0.2) is 0 Å². The molecule has 0 saturated carbocycles. The third-order valence-electron chi connectivity index (χ3n) is 6.81. The topological polar surface area (TPSA) is 87.0 Å². The summed E-state index contributed by atoms with van der Waals surface area (Å²) in [6.07, 6.45) is 5.96. The van der Waals surface area contributed by atoms with Gasteiger partial charge in [0.1, 0.15) is 24.4 Å². The number of rotatable bonds is 24. The Morgan fingerprint density at radius 2 is 0.697 bits per heavy atom. The predicted molar refractivity (Wildman–Crippen MR) is 126 cm³/mol.